The molecule has 0 saturated heterocycles. The molecule has 0 saturated carbocycles. The van der Waals surface area contributed by atoms with E-state index in [4.69, 9.17) is 19.1 Å². The van der Waals surface area contributed by atoms with Gasteiger partial charge in [-0.2, -0.15) is 0 Å². The van der Waals surface area contributed by atoms with Crippen LogP contribution in [-0.2, 0) is 20.5 Å². The van der Waals surface area contributed by atoms with Crippen LogP contribution in [0.25, 0.3) is 0 Å². The maximum Gasteiger partial charge on any atom is 0.692 e. The number of carbonyl (C=O) groups excluding carboxylic acids is 1. The van der Waals surface area contributed by atoms with Crippen LogP contribution in [0.4, 0.5) is 0 Å². The van der Waals surface area contributed by atoms with E-state index in [1.807, 2.05) is 30.3 Å². The van der Waals surface area contributed by atoms with Crippen molar-refractivity contribution in [2.24, 2.45) is 0 Å². The fraction of sp³-hybridized carbons (Fsp3) is 0.417. The summed E-state index contributed by atoms with van der Waals surface area (Å²) < 4.78 is 13.8. The summed E-state index contributed by atoms with van der Waals surface area (Å²) in [5, 5.41) is 0. The number of hydrogen-bond donors (Lipinski definition) is 2. The van der Waals surface area contributed by atoms with Gasteiger partial charge >= 0.3 is 14.2 Å². The molecule has 0 unspecified atom stereocenters. The summed E-state index contributed by atoms with van der Waals surface area (Å²) in [5.74, 6) is -0.135. The predicted molar refractivity (Wildman–Crippen MR) is 68.1 cm³/mol. The third-order valence-electron chi connectivity index (χ3n) is 1.95. The Morgan fingerprint density at radius 2 is 1.83 bits per heavy atom. The Morgan fingerprint density at radius 1 is 1.28 bits per heavy atom. The molecule has 0 aliphatic rings. The molecule has 1 aromatic rings. The lowest BCUT2D eigenvalue weighted by Gasteiger charge is -2.03. The molecule has 0 atom stereocenters. The minimum absolute atomic E-state index is 0.135. The summed E-state index contributed by atoms with van der Waals surface area (Å²) in [6.07, 6.45) is 2.38. The van der Waals surface area contributed by atoms with Crippen molar-refractivity contribution in [2.75, 3.05) is 6.61 Å². The molecule has 1 aromatic carbocycles. The standard InChI is InChI=1S/C12H16O2.HO3P/c1-2-3-9-14-12(13)10-11-7-5-4-6-8-11;1-4(2)3/h4-8H,2-3,9-10H2,1H3;(H-,1,2,3)/p+1. The van der Waals surface area contributed by atoms with Crippen LogP contribution in [0.3, 0.4) is 0 Å². The van der Waals surface area contributed by atoms with Crippen LogP contribution in [-0.4, -0.2) is 22.4 Å². The molecule has 18 heavy (non-hydrogen) atoms. The van der Waals surface area contributed by atoms with E-state index in [2.05, 4.69) is 6.92 Å². The molecule has 0 aliphatic carbocycles. The molecule has 1 rings (SSSR count). The number of ether oxygens (including phenoxy) is 1. The van der Waals surface area contributed by atoms with Crippen LogP contribution in [0, 0.1) is 0 Å². The first-order valence-electron chi connectivity index (χ1n) is 5.60. The second-order valence-electron chi connectivity index (χ2n) is 3.49. The molecule has 0 radical (unpaired) electrons. The van der Waals surface area contributed by atoms with Crippen molar-refractivity contribution >= 4 is 14.2 Å². The van der Waals surface area contributed by atoms with E-state index in [0.29, 0.717) is 13.0 Å². The van der Waals surface area contributed by atoms with Crippen LogP contribution < -0.4 is 0 Å². The van der Waals surface area contributed by atoms with Gasteiger partial charge < -0.3 is 4.74 Å². The summed E-state index contributed by atoms with van der Waals surface area (Å²) in [7, 11) is -2.87. The predicted octanol–water partition coefficient (Wildman–Crippen LogP) is 2.20. The highest BCUT2D eigenvalue weighted by atomic mass is 31.1. The summed E-state index contributed by atoms with van der Waals surface area (Å²) in [6.45, 7) is 2.62. The second kappa shape index (κ2) is 10.8. The molecule has 0 aromatic heterocycles. The van der Waals surface area contributed by atoms with Gasteiger partial charge in [-0.3, -0.25) is 4.79 Å². The zero-order chi connectivity index (χ0) is 13.8. The lowest BCUT2D eigenvalue weighted by molar-refractivity contribution is -0.142. The highest BCUT2D eigenvalue weighted by molar-refractivity contribution is 7.30. The van der Waals surface area contributed by atoms with Crippen molar-refractivity contribution in [1.82, 2.24) is 0 Å². The molecular formula is C12H18O5P+. The maximum atomic E-state index is 11.3. The Bertz CT molecular complexity index is 349. The van der Waals surface area contributed by atoms with Crippen LogP contribution in [0.2, 0.25) is 0 Å². The highest BCUT2D eigenvalue weighted by Crippen LogP contribution is 2.01. The van der Waals surface area contributed by atoms with Crippen molar-refractivity contribution in [1.29, 1.82) is 0 Å². The van der Waals surface area contributed by atoms with Crippen LogP contribution >= 0.6 is 8.25 Å². The first-order valence-corrected chi connectivity index (χ1v) is 6.77. The summed E-state index contributed by atoms with van der Waals surface area (Å²) >= 11 is 0. The zero-order valence-corrected chi connectivity index (χ0v) is 11.2. The second-order valence-corrected chi connectivity index (χ2v) is 3.99. The van der Waals surface area contributed by atoms with Crippen LogP contribution in [0.1, 0.15) is 25.3 Å². The van der Waals surface area contributed by atoms with Crippen molar-refractivity contribution in [2.45, 2.75) is 26.2 Å². The first-order chi connectivity index (χ1) is 8.56. The normalized spacial score (nSPS) is 9.06. The molecule has 0 heterocycles. The van der Waals surface area contributed by atoms with E-state index < -0.39 is 8.25 Å². The van der Waals surface area contributed by atoms with Gasteiger partial charge in [0.25, 0.3) is 0 Å². The molecule has 6 heteroatoms. The first kappa shape index (κ1) is 16.7. The van der Waals surface area contributed by atoms with Gasteiger partial charge in [0, 0.05) is 4.57 Å². The SMILES string of the molecule is CCCCOC(=O)Cc1ccccc1.O=[P+](O)O. The van der Waals surface area contributed by atoms with Gasteiger partial charge in [-0.1, -0.05) is 43.7 Å². The van der Waals surface area contributed by atoms with E-state index in [9.17, 15) is 4.79 Å². The quantitative estimate of drug-likeness (QED) is 0.488. The Morgan fingerprint density at radius 3 is 2.33 bits per heavy atom. The minimum Gasteiger partial charge on any atom is -0.465 e. The summed E-state index contributed by atoms with van der Waals surface area (Å²) in [4.78, 5) is 25.5. The van der Waals surface area contributed by atoms with E-state index in [0.717, 1.165) is 18.4 Å². The largest absolute Gasteiger partial charge is 0.692 e. The molecule has 0 fully saturated rings. The zero-order valence-electron chi connectivity index (χ0n) is 10.3. The lowest BCUT2D eigenvalue weighted by Crippen LogP contribution is -2.08. The summed E-state index contributed by atoms with van der Waals surface area (Å²) in [5.41, 5.74) is 1.01. The van der Waals surface area contributed by atoms with Gasteiger partial charge in [0.15, 0.2) is 0 Å². The van der Waals surface area contributed by atoms with Crippen molar-refractivity contribution in [3.63, 3.8) is 0 Å². The molecule has 2 N–H and O–H groups in total. The number of esters is 1. The van der Waals surface area contributed by atoms with E-state index in [-0.39, 0.29) is 5.97 Å². The number of carbonyl (C=O) groups is 1. The molecule has 0 bridgehead atoms. The number of rotatable bonds is 5. The molecule has 0 amide bonds. The van der Waals surface area contributed by atoms with Gasteiger partial charge in [0.2, 0.25) is 0 Å². The van der Waals surface area contributed by atoms with E-state index in [1.165, 1.54) is 0 Å². The average molecular weight is 273 g/mol. The minimum atomic E-state index is -2.87. The molecule has 100 valence electrons. The van der Waals surface area contributed by atoms with Crippen LogP contribution in [0.15, 0.2) is 30.3 Å². The third kappa shape index (κ3) is 11.2. The smallest absolute Gasteiger partial charge is 0.465 e. The van der Waals surface area contributed by atoms with E-state index >= 15 is 0 Å². The van der Waals surface area contributed by atoms with E-state index in [1.54, 1.807) is 0 Å². The average Bonchev–Trinajstić information content (AvgIpc) is 2.30. The Labute approximate surface area is 107 Å². The topological polar surface area (TPSA) is 83.8 Å². The highest BCUT2D eigenvalue weighted by Gasteiger charge is 2.02. The van der Waals surface area contributed by atoms with Crippen molar-refractivity contribution < 1.29 is 23.9 Å². The Kier molecular flexibility index (Phi) is 10.1. The van der Waals surface area contributed by atoms with Gasteiger partial charge in [-0.25, -0.2) is 0 Å². The maximum absolute atomic E-state index is 11.3. The van der Waals surface area contributed by atoms with Crippen molar-refractivity contribution in [3.8, 4) is 0 Å². The van der Waals surface area contributed by atoms with Gasteiger partial charge in [0.1, 0.15) is 0 Å². The molecule has 5 nitrogen and oxygen atoms in total. The van der Waals surface area contributed by atoms with Gasteiger partial charge in [0.05, 0.1) is 13.0 Å². The van der Waals surface area contributed by atoms with Gasteiger partial charge in [-0.15, -0.1) is 9.79 Å². The lowest BCUT2D eigenvalue weighted by atomic mass is 10.2. The molecular weight excluding hydrogens is 255 g/mol. The summed E-state index contributed by atoms with van der Waals surface area (Å²) in [6, 6.07) is 9.65. The Hall–Kier alpha value is -1.29. The van der Waals surface area contributed by atoms with Gasteiger partial charge in [-0.05, 0) is 12.0 Å². The fourth-order valence-electron chi connectivity index (χ4n) is 1.14. The third-order valence-corrected chi connectivity index (χ3v) is 1.95. The molecule has 0 aliphatic heterocycles. The molecule has 0 spiro atoms. The Balaban J connectivity index is 0.000000631. The number of benzene rings is 1. The number of unbranched alkanes of at least 4 members (excludes halogenated alkanes) is 1. The van der Waals surface area contributed by atoms with Crippen LogP contribution in [0.5, 0.6) is 0 Å². The van der Waals surface area contributed by atoms with Crippen molar-refractivity contribution in [3.05, 3.63) is 35.9 Å². The number of hydrogen-bond acceptors (Lipinski definition) is 3. The fourth-order valence-corrected chi connectivity index (χ4v) is 1.14. The monoisotopic (exact) mass is 273 g/mol.